The molecule has 14 nitrogen and oxygen atoms in total. The van der Waals surface area contributed by atoms with Crippen LogP contribution in [0.5, 0.6) is 5.75 Å². The number of anilines is 1. The number of benzene rings is 2. The second-order valence-corrected chi connectivity index (χ2v) is 14.0. The van der Waals surface area contributed by atoms with Gasteiger partial charge in [0, 0.05) is 6.07 Å². The fourth-order valence-electron chi connectivity index (χ4n) is 4.94. The summed E-state index contributed by atoms with van der Waals surface area (Å²) in [5.74, 6) is 0.0824. The maximum atomic E-state index is 13.6. The van der Waals surface area contributed by atoms with Gasteiger partial charge in [-0.1, -0.05) is 43.2 Å². The Balaban J connectivity index is 1.41. The van der Waals surface area contributed by atoms with Crippen LogP contribution in [0.25, 0.3) is 11.0 Å². The number of aromatic amines is 1. The molecule has 1 saturated carbocycles. The molecule has 236 valence electrons. The van der Waals surface area contributed by atoms with E-state index in [1.54, 1.807) is 12.1 Å². The van der Waals surface area contributed by atoms with Gasteiger partial charge in [0.1, 0.15) is 18.6 Å². The fraction of sp³-hybridized carbons (Fsp3) is 0.357. The first-order chi connectivity index (χ1) is 20.9. The number of sulfonamides is 2. The third-order valence-corrected chi connectivity index (χ3v) is 8.97. The van der Waals surface area contributed by atoms with E-state index >= 15 is 0 Å². The van der Waals surface area contributed by atoms with Crippen molar-refractivity contribution in [2.45, 2.75) is 61.5 Å². The number of imidazole rings is 1. The van der Waals surface area contributed by atoms with E-state index in [-0.39, 0.29) is 34.6 Å². The maximum Gasteiger partial charge on any atom is 0.413 e. The number of H-pyrrole nitrogens is 1. The number of aromatic nitrogens is 2. The maximum absolute atomic E-state index is 13.6. The summed E-state index contributed by atoms with van der Waals surface area (Å²) >= 11 is 0. The summed E-state index contributed by atoms with van der Waals surface area (Å²) in [5.41, 5.74) is 1.36. The molecule has 1 amide bonds. The molecule has 0 aliphatic heterocycles. The van der Waals surface area contributed by atoms with Crippen molar-refractivity contribution in [1.29, 1.82) is 0 Å². The lowest BCUT2D eigenvalue weighted by Crippen LogP contribution is -2.57. The highest BCUT2D eigenvalue weighted by Gasteiger charge is 2.36. The second kappa shape index (κ2) is 13.4. The number of furan rings is 1. The molecular formula is C28H33N5O9S2. The molecule has 5 rings (SSSR count). The highest BCUT2D eigenvalue weighted by Crippen LogP contribution is 2.25. The Morgan fingerprint density at radius 3 is 2.55 bits per heavy atom. The van der Waals surface area contributed by atoms with Crippen molar-refractivity contribution in [2.75, 3.05) is 11.0 Å². The Bertz CT molecular complexity index is 1770. The summed E-state index contributed by atoms with van der Waals surface area (Å²) in [5, 5.41) is 14.3. The Kier molecular flexibility index (Phi) is 9.55. The zero-order valence-electron chi connectivity index (χ0n) is 23.7. The van der Waals surface area contributed by atoms with Crippen molar-refractivity contribution in [2.24, 2.45) is 0 Å². The zero-order valence-corrected chi connectivity index (χ0v) is 25.3. The van der Waals surface area contributed by atoms with Crippen LogP contribution in [0.4, 0.5) is 10.7 Å². The molecule has 2 aromatic heterocycles. The Morgan fingerprint density at radius 1 is 1.11 bits per heavy atom. The van der Waals surface area contributed by atoms with Crippen LogP contribution >= 0.6 is 0 Å². The van der Waals surface area contributed by atoms with Crippen molar-refractivity contribution >= 4 is 43.1 Å². The summed E-state index contributed by atoms with van der Waals surface area (Å²) in [6.07, 6.45) is 2.62. The Morgan fingerprint density at radius 2 is 1.86 bits per heavy atom. The van der Waals surface area contributed by atoms with Crippen molar-refractivity contribution < 1.29 is 40.6 Å². The van der Waals surface area contributed by atoms with Crippen LogP contribution in [-0.4, -0.2) is 68.7 Å². The van der Waals surface area contributed by atoms with Crippen LogP contribution < -0.4 is 19.5 Å². The van der Waals surface area contributed by atoms with Gasteiger partial charge in [-0.3, -0.25) is 4.72 Å². The fourth-order valence-corrected chi connectivity index (χ4v) is 6.55. The van der Waals surface area contributed by atoms with Crippen LogP contribution in [0.3, 0.4) is 0 Å². The summed E-state index contributed by atoms with van der Waals surface area (Å²) in [4.78, 5) is 19.5. The average molecular weight is 648 g/mol. The average Bonchev–Trinajstić information content (AvgIpc) is 3.74. The lowest BCUT2D eigenvalue weighted by atomic mass is 10.0. The van der Waals surface area contributed by atoms with E-state index in [2.05, 4.69) is 24.7 Å². The summed E-state index contributed by atoms with van der Waals surface area (Å²) < 4.78 is 71.5. The Hall–Kier alpha value is -3.96. The zero-order chi connectivity index (χ0) is 31.3. The molecule has 1 aliphatic rings. The lowest BCUT2D eigenvalue weighted by molar-refractivity contribution is -0.0895. The molecule has 0 saturated heterocycles. The van der Waals surface area contributed by atoms with E-state index < -0.39 is 44.5 Å². The van der Waals surface area contributed by atoms with Crippen molar-refractivity contribution in [3.63, 3.8) is 0 Å². The SMILES string of the molecule is CS(=O)(=O)Nc1nc2ccc(S(=O)(=O)NC(OC3CCCC3)[C@H](O)[C@H](Cc3ccccc3)NC(=O)Oc3ccoc3)cc2[nH]1. The van der Waals surface area contributed by atoms with Crippen molar-refractivity contribution in [3.05, 3.63) is 72.7 Å². The highest BCUT2D eigenvalue weighted by molar-refractivity contribution is 7.92. The number of aliphatic hydroxyl groups excluding tert-OH is 1. The molecule has 2 heterocycles. The predicted octanol–water partition coefficient (Wildman–Crippen LogP) is 2.85. The van der Waals surface area contributed by atoms with Gasteiger partial charge in [0.15, 0.2) is 5.75 Å². The van der Waals surface area contributed by atoms with Gasteiger partial charge in [-0.2, -0.15) is 4.72 Å². The lowest BCUT2D eigenvalue weighted by Gasteiger charge is -2.32. The topological polar surface area (TPSA) is 202 Å². The monoisotopic (exact) mass is 647 g/mol. The van der Waals surface area contributed by atoms with Crippen LogP contribution in [0.15, 0.2) is 76.4 Å². The normalized spacial score (nSPS) is 16.4. The van der Waals surface area contributed by atoms with E-state index in [1.807, 2.05) is 18.2 Å². The molecule has 1 unspecified atom stereocenters. The molecule has 44 heavy (non-hydrogen) atoms. The van der Waals surface area contributed by atoms with Crippen molar-refractivity contribution in [3.8, 4) is 5.75 Å². The summed E-state index contributed by atoms with van der Waals surface area (Å²) in [7, 11) is -7.93. The van der Waals surface area contributed by atoms with E-state index in [4.69, 9.17) is 13.9 Å². The molecule has 16 heteroatoms. The number of nitrogens with zero attached hydrogens (tertiary/aromatic N) is 1. The number of hydrogen-bond donors (Lipinski definition) is 5. The Labute approximate surface area is 254 Å². The van der Waals surface area contributed by atoms with E-state index in [9.17, 15) is 26.7 Å². The van der Waals surface area contributed by atoms with Crippen LogP contribution in [0.2, 0.25) is 0 Å². The minimum absolute atomic E-state index is 0.0694. The first kappa shape index (κ1) is 31.5. The standard InChI is InChI=1S/C28H33N5O9S2/c1-43(36,37)33-27-29-22-12-11-21(16-23(22)30-27)44(38,39)32-26(41-19-9-5-6-10-19)25(34)24(15-18-7-3-2-4-8-18)31-28(35)42-20-13-14-40-17-20/h2-4,7-8,11-14,16-17,19,24-26,32,34H,5-6,9-10,15H2,1H3,(H,31,35)(H2,29,30,33)/t24-,25+,26?/m0/s1. The minimum atomic E-state index is -4.32. The second-order valence-electron chi connectivity index (χ2n) is 10.5. The molecule has 3 atom stereocenters. The number of aliphatic hydroxyl groups is 1. The minimum Gasteiger partial charge on any atom is -0.469 e. The van der Waals surface area contributed by atoms with Gasteiger partial charge in [0.05, 0.1) is 40.6 Å². The molecule has 0 radical (unpaired) electrons. The van der Waals surface area contributed by atoms with Gasteiger partial charge in [0.25, 0.3) is 0 Å². The first-order valence-electron chi connectivity index (χ1n) is 13.8. The van der Waals surface area contributed by atoms with E-state index in [1.165, 1.54) is 36.8 Å². The molecule has 1 aliphatic carbocycles. The molecule has 4 aromatic rings. The number of rotatable bonds is 13. The number of ether oxygens (including phenoxy) is 2. The van der Waals surface area contributed by atoms with Gasteiger partial charge in [-0.05, 0) is 43.0 Å². The third-order valence-electron chi connectivity index (χ3n) is 6.99. The van der Waals surface area contributed by atoms with Gasteiger partial charge in [-0.15, -0.1) is 0 Å². The van der Waals surface area contributed by atoms with E-state index in [0.717, 1.165) is 24.7 Å². The van der Waals surface area contributed by atoms with Gasteiger partial charge < -0.3 is 29.3 Å². The molecule has 2 aromatic carbocycles. The molecular weight excluding hydrogens is 614 g/mol. The van der Waals surface area contributed by atoms with Gasteiger partial charge >= 0.3 is 6.09 Å². The quantitative estimate of drug-likeness (QED) is 0.134. The van der Waals surface area contributed by atoms with E-state index in [0.29, 0.717) is 18.4 Å². The predicted molar refractivity (Wildman–Crippen MR) is 160 cm³/mol. The summed E-state index contributed by atoms with van der Waals surface area (Å²) in [6.45, 7) is 0. The highest BCUT2D eigenvalue weighted by atomic mass is 32.2. The molecule has 0 spiro atoms. The third kappa shape index (κ3) is 8.35. The number of carbonyl (C=O) groups excluding carboxylic acids is 1. The molecule has 1 fully saturated rings. The number of fused-ring (bicyclic) bond motifs is 1. The number of amides is 1. The van der Waals surface area contributed by atoms with Crippen LogP contribution in [0.1, 0.15) is 31.2 Å². The summed E-state index contributed by atoms with van der Waals surface area (Å²) in [6, 6.07) is 13.5. The molecule has 5 N–H and O–H groups in total. The van der Waals surface area contributed by atoms with Gasteiger partial charge in [0.2, 0.25) is 26.0 Å². The number of hydrogen-bond acceptors (Lipinski definition) is 10. The smallest absolute Gasteiger partial charge is 0.413 e. The first-order valence-corrected chi connectivity index (χ1v) is 17.2. The largest absolute Gasteiger partial charge is 0.469 e. The van der Waals surface area contributed by atoms with Crippen LogP contribution in [0, 0.1) is 0 Å². The number of carbonyl (C=O) groups is 1. The van der Waals surface area contributed by atoms with Crippen molar-refractivity contribution in [1.82, 2.24) is 20.0 Å². The number of nitrogens with one attached hydrogen (secondary N) is 4. The van der Waals surface area contributed by atoms with Crippen LogP contribution in [-0.2, 0) is 31.2 Å². The molecule has 0 bridgehead atoms. The van der Waals surface area contributed by atoms with Gasteiger partial charge in [-0.25, -0.2) is 26.6 Å².